The molecule has 4 heteroatoms. The Bertz CT molecular complexity index is 199. The van der Waals surface area contributed by atoms with Gasteiger partial charge in [-0.3, -0.25) is 4.79 Å². The maximum absolute atomic E-state index is 13.3. The summed E-state index contributed by atoms with van der Waals surface area (Å²) >= 11 is 0. The molecule has 0 aromatic heterocycles. The molecule has 0 aromatic carbocycles. The molecule has 14 heavy (non-hydrogen) atoms. The highest BCUT2D eigenvalue weighted by Crippen LogP contribution is 2.14. The predicted octanol–water partition coefficient (Wildman–Crippen LogP) is 1.65. The molecular weight excluding hydrogens is 185 g/mol. The van der Waals surface area contributed by atoms with Crippen LogP contribution in [0.3, 0.4) is 0 Å². The highest BCUT2D eigenvalue weighted by Gasteiger charge is 2.30. The summed E-state index contributed by atoms with van der Waals surface area (Å²) < 4.78 is 18.3. The van der Waals surface area contributed by atoms with E-state index in [0.717, 1.165) is 0 Å². The molecule has 0 heterocycles. The van der Waals surface area contributed by atoms with E-state index in [9.17, 15) is 9.18 Å². The molecule has 0 aliphatic rings. The van der Waals surface area contributed by atoms with Gasteiger partial charge in [0.25, 0.3) is 0 Å². The molecule has 0 fully saturated rings. The van der Waals surface area contributed by atoms with Crippen molar-refractivity contribution in [1.82, 2.24) is 0 Å². The van der Waals surface area contributed by atoms with Crippen molar-refractivity contribution < 1.29 is 13.9 Å². The molecule has 0 radical (unpaired) electrons. The molecule has 0 aliphatic carbocycles. The van der Waals surface area contributed by atoms with Crippen LogP contribution in [0.25, 0.3) is 0 Å². The van der Waals surface area contributed by atoms with Crippen molar-refractivity contribution in [2.75, 3.05) is 0 Å². The van der Waals surface area contributed by atoms with Crippen LogP contribution in [-0.4, -0.2) is 23.8 Å². The second-order valence-corrected chi connectivity index (χ2v) is 4.75. The first-order chi connectivity index (χ1) is 6.15. The molecule has 0 aliphatic heterocycles. The first-order valence-corrected chi connectivity index (χ1v) is 4.77. The van der Waals surface area contributed by atoms with Crippen molar-refractivity contribution in [2.24, 2.45) is 11.7 Å². The summed E-state index contributed by atoms with van der Waals surface area (Å²) in [5, 5.41) is 0. The van der Waals surface area contributed by atoms with Crippen LogP contribution < -0.4 is 5.73 Å². The van der Waals surface area contributed by atoms with Crippen LogP contribution in [0.2, 0.25) is 0 Å². The maximum atomic E-state index is 13.3. The smallest absolute Gasteiger partial charge is 0.326 e. The molecule has 84 valence electrons. The van der Waals surface area contributed by atoms with Crippen LogP contribution >= 0.6 is 0 Å². The van der Waals surface area contributed by atoms with Gasteiger partial charge in [0.05, 0.1) is 0 Å². The van der Waals surface area contributed by atoms with Crippen molar-refractivity contribution in [3.8, 4) is 0 Å². The zero-order chi connectivity index (χ0) is 11.5. The number of rotatable bonds is 3. The van der Waals surface area contributed by atoms with Crippen molar-refractivity contribution in [2.45, 2.75) is 52.4 Å². The van der Waals surface area contributed by atoms with E-state index in [-0.39, 0.29) is 5.92 Å². The van der Waals surface area contributed by atoms with Gasteiger partial charge in [-0.05, 0) is 26.7 Å². The lowest BCUT2D eigenvalue weighted by atomic mass is 10.0. The van der Waals surface area contributed by atoms with Crippen LogP contribution in [0.1, 0.15) is 34.6 Å². The fourth-order valence-corrected chi connectivity index (χ4v) is 0.914. The van der Waals surface area contributed by atoms with Crippen LogP contribution in [0.4, 0.5) is 4.39 Å². The number of ether oxygens (including phenoxy) is 1. The molecule has 2 atom stereocenters. The number of halogens is 1. The Labute approximate surface area is 84.8 Å². The van der Waals surface area contributed by atoms with Crippen molar-refractivity contribution in [1.29, 1.82) is 0 Å². The Morgan fingerprint density at radius 1 is 1.36 bits per heavy atom. The fraction of sp³-hybridized carbons (Fsp3) is 0.900. The molecule has 0 aromatic rings. The van der Waals surface area contributed by atoms with Gasteiger partial charge in [0, 0.05) is 0 Å². The minimum Gasteiger partial charge on any atom is -0.459 e. The highest BCUT2D eigenvalue weighted by atomic mass is 19.1. The molecule has 0 saturated carbocycles. The van der Waals surface area contributed by atoms with E-state index in [2.05, 4.69) is 0 Å². The third-order valence-electron chi connectivity index (χ3n) is 1.66. The number of carbonyl (C=O) groups is 1. The number of esters is 1. The normalized spacial score (nSPS) is 16.6. The van der Waals surface area contributed by atoms with Gasteiger partial charge >= 0.3 is 5.97 Å². The first-order valence-electron chi connectivity index (χ1n) is 4.77. The van der Waals surface area contributed by atoms with E-state index < -0.39 is 23.8 Å². The fourth-order valence-electron chi connectivity index (χ4n) is 0.914. The largest absolute Gasteiger partial charge is 0.459 e. The molecule has 2 N–H and O–H groups in total. The molecule has 0 rings (SSSR count). The Balaban J connectivity index is 4.26. The number of carbonyl (C=O) groups excluding carboxylic acids is 1. The highest BCUT2D eigenvalue weighted by molar-refractivity contribution is 5.76. The molecule has 0 amide bonds. The predicted molar refractivity (Wildman–Crippen MR) is 53.6 cm³/mol. The van der Waals surface area contributed by atoms with Gasteiger partial charge in [-0.2, -0.15) is 0 Å². The van der Waals surface area contributed by atoms with Gasteiger partial charge < -0.3 is 10.5 Å². The third-order valence-corrected chi connectivity index (χ3v) is 1.66. The van der Waals surface area contributed by atoms with E-state index in [1.54, 1.807) is 34.6 Å². The molecule has 0 saturated heterocycles. The Morgan fingerprint density at radius 2 is 1.79 bits per heavy atom. The summed E-state index contributed by atoms with van der Waals surface area (Å²) in [7, 11) is 0. The zero-order valence-corrected chi connectivity index (χ0v) is 9.50. The van der Waals surface area contributed by atoms with Gasteiger partial charge in [-0.15, -0.1) is 0 Å². The summed E-state index contributed by atoms with van der Waals surface area (Å²) in [4.78, 5) is 11.3. The Hall–Kier alpha value is -0.640. The van der Waals surface area contributed by atoms with Crippen LogP contribution in [-0.2, 0) is 9.53 Å². The molecule has 0 bridgehead atoms. The molecule has 0 spiro atoms. The lowest BCUT2D eigenvalue weighted by molar-refractivity contribution is -0.158. The van der Waals surface area contributed by atoms with Gasteiger partial charge in [0.1, 0.15) is 17.8 Å². The monoisotopic (exact) mass is 205 g/mol. The van der Waals surface area contributed by atoms with Crippen LogP contribution in [0.15, 0.2) is 0 Å². The van der Waals surface area contributed by atoms with Gasteiger partial charge in [0.15, 0.2) is 0 Å². The van der Waals surface area contributed by atoms with Crippen LogP contribution in [0, 0.1) is 5.92 Å². The van der Waals surface area contributed by atoms with E-state index in [4.69, 9.17) is 10.5 Å². The van der Waals surface area contributed by atoms with E-state index in [0.29, 0.717) is 0 Å². The number of alkyl halides is 1. The Morgan fingerprint density at radius 3 is 2.07 bits per heavy atom. The van der Waals surface area contributed by atoms with E-state index >= 15 is 0 Å². The first kappa shape index (κ1) is 13.4. The summed E-state index contributed by atoms with van der Waals surface area (Å²) in [6.07, 6.45) is -1.36. The summed E-state index contributed by atoms with van der Waals surface area (Å²) in [6.45, 7) is 8.52. The number of hydrogen-bond donors (Lipinski definition) is 1. The third kappa shape index (κ3) is 4.56. The Kier molecular flexibility index (Phi) is 4.52. The minimum absolute atomic E-state index is 0.280. The van der Waals surface area contributed by atoms with Crippen molar-refractivity contribution in [3.63, 3.8) is 0 Å². The minimum atomic E-state index is -1.36. The van der Waals surface area contributed by atoms with E-state index in [1.165, 1.54) is 0 Å². The topological polar surface area (TPSA) is 52.3 Å². The lowest BCUT2D eigenvalue weighted by Crippen LogP contribution is -2.45. The summed E-state index contributed by atoms with van der Waals surface area (Å²) in [5.41, 5.74) is 4.80. The zero-order valence-electron chi connectivity index (χ0n) is 9.50. The van der Waals surface area contributed by atoms with Gasteiger partial charge in [-0.25, -0.2) is 4.39 Å². The number of nitrogens with two attached hydrogens (primary N) is 1. The maximum Gasteiger partial charge on any atom is 0.326 e. The quantitative estimate of drug-likeness (QED) is 0.713. The number of hydrogen-bond acceptors (Lipinski definition) is 3. The van der Waals surface area contributed by atoms with Gasteiger partial charge in [0.2, 0.25) is 0 Å². The SMILES string of the molecule is CC(C)C(F)[C@H](N)C(=O)OC(C)(C)C. The van der Waals surface area contributed by atoms with Crippen molar-refractivity contribution in [3.05, 3.63) is 0 Å². The van der Waals surface area contributed by atoms with Gasteiger partial charge in [-0.1, -0.05) is 13.8 Å². The standard InChI is InChI=1S/C10H20FNO2/c1-6(2)7(11)8(12)9(13)14-10(3,4)5/h6-8H,12H2,1-5H3/t7?,8-/m0/s1. The second kappa shape index (κ2) is 4.73. The van der Waals surface area contributed by atoms with Crippen molar-refractivity contribution >= 4 is 5.97 Å². The average Bonchev–Trinajstić information content (AvgIpc) is 1.98. The average molecular weight is 205 g/mol. The summed E-state index contributed by atoms with van der Waals surface area (Å²) in [5.74, 6) is -0.962. The van der Waals surface area contributed by atoms with E-state index in [1.807, 2.05) is 0 Å². The molecule has 1 unspecified atom stereocenters. The second-order valence-electron chi connectivity index (χ2n) is 4.75. The molecular formula is C10H20FNO2. The molecule has 3 nitrogen and oxygen atoms in total. The van der Waals surface area contributed by atoms with Crippen LogP contribution in [0.5, 0.6) is 0 Å². The lowest BCUT2D eigenvalue weighted by Gasteiger charge is -2.24. The summed E-state index contributed by atoms with van der Waals surface area (Å²) in [6, 6.07) is -1.19.